The van der Waals surface area contributed by atoms with Crippen molar-refractivity contribution < 1.29 is 14.0 Å². The van der Waals surface area contributed by atoms with E-state index in [1.54, 1.807) is 12.3 Å². The Morgan fingerprint density at radius 2 is 2.04 bits per heavy atom. The molecular weight excluding hydrogens is 326 g/mol. The van der Waals surface area contributed by atoms with Gasteiger partial charge in [-0.1, -0.05) is 6.07 Å². The van der Waals surface area contributed by atoms with Crippen molar-refractivity contribution in [1.29, 1.82) is 0 Å². The summed E-state index contributed by atoms with van der Waals surface area (Å²) in [4.78, 5) is 24.2. The molecule has 0 aromatic carbocycles. The molecule has 3 N–H and O–H groups in total. The van der Waals surface area contributed by atoms with E-state index in [4.69, 9.17) is 4.42 Å². The molecule has 0 spiro atoms. The zero-order valence-corrected chi connectivity index (χ0v) is 14.5. The van der Waals surface area contributed by atoms with E-state index >= 15 is 0 Å². The lowest BCUT2D eigenvalue weighted by atomic mass is 10.1. The highest BCUT2D eigenvalue weighted by Gasteiger charge is 2.08. The number of hydrogen-bond donors (Lipinski definition) is 3. The van der Waals surface area contributed by atoms with Gasteiger partial charge in [-0.15, -0.1) is 11.3 Å². The summed E-state index contributed by atoms with van der Waals surface area (Å²) >= 11 is 1.41. The molecule has 3 amide bonds. The maximum atomic E-state index is 11.8. The summed E-state index contributed by atoms with van der Waals surface area (Å²) in [5.74, 6) is 0.853. The first-order valence-electron chi connectivity index (χ1n) is 8.03. The van der Waals surface area contributed by atoms with Gasteiger partial charge in [0, 0.05) is 25.6 Å². The molecule has 0 radical (unpaired) electrons. The van der Waals surface area contributed by atoms with Crippen LogP contribution in [0.3, 0.4) is 0 Å². The number of urea groups is 1. The Morgan fingerprint density at radius 1 is 1.21 bits per heavy atom. The predicted molar refractivity (Wildman–Crippen MR) is 94.3 cm³/mol. The van der Waals surface area contributed by atoms with Crippen molar-refractivity contribution in [2.45, 2.75) is 32.2 Å². The summed E-state index contributed by atoms with van der Waals surface area (Å²) in [7, 11) is 0. The molecule has 2 rings (SSSR count). The Bertz CT molecular complexity index is 611. The molecule has 2 aromatic rings. The largest absolute Gasteiger partial charge is 0.469 e. The molecule has 1 atom stereocenters. The maximum Gasteiger partial charge on any atom is 0.314 e. The SMILES string of the molecule is C[C@H](CCc1ccco1)NC(=O)NCCCNC(=O)c1cccs1. The monoisotopic (exact) mass is 349 g/mol. The summed E-state index contributed by atoms with van der Waals surface area (Å²) in [6.07, 6.45) is 3.95. The lowest BCUT2D eigenvalue weighted by molar-refractivity contribution is 0.0957. The van der Waals surface area contributed by atoms with Gasteiger partial charge in [0.05, 0.1) is 11.1 Å². The lowest BCUT2D eigenvalue weighted by Crippen LogP contribution is -2.41. The van der Waals surface area contributed by atoms with Gasteiger partial charge in [0.2, 0.25) is 0 Å². The minimum Gasteiger partial charge on any atom is -0.469 e. The number of amides is 3. The second kappa shape index (κ2) is 9.77. The zero-order valence-electron chi connectivity index (χ0n) is 13.7. The van der Waals surface area contributed by atoms with Crippen LogP contribution in [0.1, 0.15) is 35.2 Å². The van der Waals surface area contributed by atoms with Gasteiger partial charge in [0.15, 0.2) is 0 Å². The fourth-order valence-corrected chi connectivity index (χ4v) is 2.79. The Morgan fingerprint density at radius 3 is 2.75 bits per heavy atom. The summed E-state index contributed by atoms with van der Waals surface area (Å²) in [5, 5.41) is 10.4. The number of furan rings is 1. The van der Waals surface area contributed by atoms with E-state index in [9.17, 15) is 9.59 Å². The van der Waals surface area contributed by atoms with E-state index < -0.39 is 0 Å². The first-order chi connectivity index (χ1) is 11.6. The van der Waals surface area contributed by atoms with Crippen molar-refractivity contribution in [3.63, 3.8) is 0 Å². The van der Waals surface area contributed by atoms with Gasteiger partial charge in [-0.3, -0.25) is 4.79 Å². The van der Waals surface area contributed by atoms with Crippen LogP contribution in [0.2, 0.25) is 0 Å². The molecule has 0 bridgehead atoms. The van der Waals surface area contributed by atoms with E-state index in [1.165, 1.54) is 11.3 Å². The third-order valence-electron chi connectivity index (χ3n) is 3.45. The van der Waals surface area contributed by atoms with Crippen molar-refractivity contribution in [3.8, 4) is 0 Å². The molecule has 2 heterocycles. The molecule has 0 aliphatic carbocycles. The maximum absolute atomic E-state index is 11.8. The zero-order chi connectivity index (χ0) is 17.2. The van der Waals surface area contributed by atoms with Gasteiger partial charge < -0.3 is 20.4 Å². The summed E-state index contributed by atoms with van der Waals surface area (Å²) in [6, 6.07) is 7.29. The van der Waals surface area contributed by atoms with E-state index in [-0.39, 0.29) is 18.0 Å². The second-order valence-electron chi connectivity index (χ2n) is 5.51. The number of carbonyl (C=O) groups is 2. The van der Waals surface area contributed by atoms with Crippen LogP contribution in [0.4, 0.5) is 4.79 Å². The van der Waals surface area contributed by atoms with Crippen LogP contribution in [0, 0.1) is 0 Å². The van der Waals surface area contributed by atoms with E-state index in [2.05, 4.69) is 16.0 Å². The number of nitrogens with one attached hydrogen (secondary N) is 3. The Kier molecular flexibility index (Phi) is 7.35. The minimum atomic E-state index is -0.188. The van der Waals surface area contributed by atoms with Crippen LogP contribution in [0.15, 0.2) is 40.3 Å². The molecular formula is C17H23N3O3S. The molecule has 6 nitrogen and oxygen atoms in total. The van der Waals surface area contributed by atoms with Gasteiger partial charge in [-0.2, -0.15) is 0 Å². The predicted octanol–water partition coefficient (Wildman–Crippen LogP) is 2.78. The van der Waals surface area contributed by atoms with Crippen molar-refractivity contribution in [3.05, 3.63) is 46.5 Å². The van der Waals surface area contributed by atoms with Crippen molar-refractivity contribution in [1.82, 2.24) is 16.0 Å². The second-order valence-corrected chi connectivity index (χ2v) is 6.45. The molecule has 0 aliphatic heterocycles. The van der Waals surface area contributed by atoms with Gasteiger partial charge >= 0.3 is 6.03 Å². The normalized spacial score (nSPS) is 11.7. The lowest BCUT2D eigenvalue weighted by Gasteiger charge is -2.14. The Labute approximate surface area is 145 Å². The van der Waals surface area contributed by atoms with Crippen LogP contribution in [0.5, 0.6) is 0 Å². The fourth-order valence-electron chi connectivity index (χ4n) is 2.15. The smallest absolute Gasteiger partial charge is 0.314 e. The highest BCUT2D eigenvalue weighted by Crippen LogP contribution is 2.07. The molecule has 130 valence electrons. The number of hydrogen-bond acceptors (Lipinski definition) is 4. The first-order valence-corrected chi connectivity index (χ1v) is 8.91. The summed E-state index contributed by atoms with van der Waals surface area (Å²) < 4.78 is 5.26. The molecule has 2 aromatic heterocycles. The quantitative estimate of drug-likeness (QED) is 0.609. The minimum absolute atomic E-state index is 0.0635. The van der Waals surface area contributed by atoms with Crippen LogP contribution in [-0.2, 0) is 6.42 Å². The van der Waals surface area contributed by atoms with Crippen molar-refractivity contribution >= 4 is 23.3 Å². The van der Waals surface area contributed by atoms with E-state index in [0.29, 0.717) is 24.4 Å². The van der Waals surface area contributed by atoms with Gasteiger partial charge in [-0.25, -0.2) is 4.79 Å². The highest BCUT2D eigenvalue weighted by molar-refractivity contribution is 7.12. The van der Waals surface area contributed by atoms with Gasteiger partial charge in [0.1, 0.15) is 5.76 Å². The van der Waals surface area contributed by atoms with Gasteiger partial charge in [0.25, 0.3) is 5.91 Å². The molecule has 0 saturated heterocycles. The van der Waals surface area contributed by atoms with Gasteiger partial charge in [-0.05, 0) is 43.3 Å². The third-order valence-corrected chi connectivity index (χ3v) is 4.32. The molecule has 7 heteroatoms. The Balaban J connectivity index is 1.50. The van der Waals surface area contributed by atoms with Crippen LogP contribution >= 0.6 is 11.3 Å². The standard InChI is InChI=1S/C17H23N3O3S/c1-13(7-8-14-5-2-11-23-14)20-17(22)19-10-4-9-18-16(21)15-6-3-12-24-15/h2-3,5-6,11-13H,4,7-10H2,1H3,(H,18,21)(H2,19,20,22)/t13-/m1/s1. The molecule has 0 unspecified atom stereocenters. The fraction of sp³-hybridized carbons (Fsp3) is 0.412. The van der Waals surface area contributed by atoms with Crippen LogP contribution in [0.25, 0.3) is 0 Å². The average molecular weight is 349 g/mol. The van der Waals surface area contributed by atoms with Crippen molar-refractivity contribution in [2.24, 2.45) is 0 Å². The summed E-state index contributed by atoms with van der Waals surface area (Å²) in [5.41, 5.74) is 0. The third kappa shape index (κ3) is 6.45. The first kappa shape index (κ1) is 18.1. The molecule has 24 heavy (non-hydrogen) atoms. The highest BCUT2D eigenvalue weighted by atomic mass is 32.1. The average Bonchev–Trinajstić information content (AvgIpc) is 3.25. The van der Waals surface area contributed by atoms with Crippen LogP contribution in [-0.4, -0.2) is 31.1 Å². The number of carbonyl (C=O) groups excluding carboxylic acids is 2. The van der Waals surface area contributed by atoms with Crippen molar-refractivity contribution in [2.75, 3.05) is 13.1 Å². The van der Waals surface area contributed by atoms with E-state index in [0.717, 1.165) is 18.6 Å². The molecule has 0 fully saturated rings. The topological polar surface area (TPSA) is 83.4 Å². The molecule has 0 aliphatic rings. The Hall–Kier alpha value is -2.28. The van der Waals surface area contributed by atoms with E-state index in [1.807, 2.05) is 30.5 Å². The summed E-state index contributed by atoms with van der Waals surface area (Å²) in [6.45, 7) is 3.01. The number of aryl methyl sites for hydroxylation is 1. The number of rotatable bonds is 9. The van der Waals surface area contributed by atoms with Crippen LogP contribution < -0.4 is 16.0 Å². The molecule has 0 saturated carbocycles. The number of thiophene rings is 1.